The Bertz CT molecular complexity index is 735. The zero-order valence-corrected chi connectivity index (χ0v) is 12.5. The van der Waals surface area contributed by atoms with Crippen molar-refractivity contribution in [1.82, 2.24) is 9.88 Å². The molecule has 3 heterocycles. The maximum Gasteiger partial charge on any atom is 0.261 e. The molecule has 3 N–H and O–H groups in total. The largest absolute Gasteiger partial charge is 0.463 e. The van der Waals surface area contributed by atoms with Gasteiger partial charge in [0.05, 0.1) is 12.0 Å². The van der Waals surface area contributed by atoms with Gasteiger partial charge >= 0.3 is 0 Å². The zero-order valence-electron chi connectivity index (χ0n) is 12.5. The fourth-order valence-corrected chi connectivity index (χ4v) is 2.75. The summed E-state index contributed by atoms with van der Waals surface area (Å²) < 4.78 is 5.24. The second-order valence-corrected chi connectivity index (χ2v) is 6.08. The molecule has 116 valence electrons. The molecule has 1 fully saturated rings. The smallest absolute Gasteiger partial charge is 0.261 e. The predicted molar refractivity (Wildman–Crippen MR) is 82.4 cm³/mol. The summed E-state index contributed by atoms with van der Waals surface area (Å²) in [6.07, 6.45) is 2.39. The van der Waals surface area contributed by atoms with E-state index in [0.29, 0.717) is 31.1 Å². The molecule has 22 heavy (non-hydrogen) atoms. The predicted octanol–water partition coefficient (Wildman–Crippen LogP) is 1.45. The lowest BCUT2D eigenvalue weighted by molar-refractivity contribution is 0.0775. The molecular weight excluding hydrogens is 282 g/mol. The van der Waals surface area contributed by atoms with Crippen LogP contribution in [-0.2, 0) is 0 Å². The number of pyridine rings is 1. The first-order valence-electron chi connectivity index (χ1n) is 7.29. The molecule has 0 bridgehead atoms. The first kappa shape index (κ1) is 14.6. The van der Waals surface area contributed by atoms with Gasteiger partial charge in [-0.15, -0.1) is 0 Å². The van der Waals surface area contributed by atoms with Crippen LogP contribution in [0.25, 0.3) is 11.5 Å². The Kier molecular flexibility index (Phi) is 3.62. The van der Waals surface area contributed by atoms with E-state index >= 15 is 0 Å². The first-order chi connectivity index (χ1) is 10.5. The SMILES string of the molecule is CC1(CN)CCN(C(=O)c2ccc(-c3ccco3)[nH]c2=O)C1. The number of amides is 1. The monoisotopic (exact) mass is 301 g/mol. The van der Waals surface area contributed by atoms with Crippen LogP contribution < -0.4 is 11.3 Å². The number of likely N-dealkylation sites (tertiary alicyclic amines) is 1. The van der Waals surface area contributed by atoms with Crippen LogP contribution in [-0.4, -0.2) is 35.4 Å². The Morgan fingerprint density at radius 1 is 1.45 bits per heavy atom. The number of hydrogen-bond donors (Lipinski definition) is 2. The number of carbonyl (C=O) groups excluding carboxylic acids is 1. The third kappa shape index (κ3) is 2.57. The highest BCUT2D eigenvalue weighted by Gasteiger charge is 2.35. The summed E-state index contributed by atoms with van der Waals surface area (Å²) in [5, 5.41) is 0. The van der Waals surface area contributed by atoms with Crippen LogP contribution in [0.2, 0.25) is 0 Å². The summed E-state index contributed by atoms with van der Waals surface area (Å²) in [4.78, 5) is 29.1. The molecule has 3 rings (SSSR count). The molecule has 1 amide bonds. The van der Waals surface area contributed by atoms with Gasteiger partial charge in [0, 0.05) is 13.1 Å². The summed E-state index contributed by atoms with van der Waals surface area (Å²) >= 11 is 0. The highest BCUT2D eigenvalue weighted by Crippen LogP contribution is 2.29. The lowest BCUT2D eigenvalue weighted by Crippen LogP contribution is -2.36. The minimum absolute atomic E-state index is 0.0590. The van der Waals surface area contributed by atoms with E-state index in [1.54, 1.807) is 29.2 Å². The number of nitrogens with one attached hydrogen (secondary N) is 1. The molecule has 1 aliphatic heterocycles. The summed E-state index contributed by atoms with van der Waals surface area (Å²) in [5.41, 5.74) is 6.00. The van der Waals surface area contributed by atoms with E-state index in [0.717, 1.165) is 6.42 Å². The van der Waals surface area contributed by atoms with E-state index in [4.69, 9.17) is 10.2 Å². The van der Waals surface area contributed by atoms with Crippen molar-refractivity contribution < 1.29 is 9.21 Å². The van der Waals surface area contributed by atoms with Crippen LogP contribution in [0.5, 0.6) is 0 Å². The topological polar surface area (TPSA) is 92.3 Å². The van der Waals surface area contributed by atoms with Gasteiger partial charge in [0.25, 0.3) is 11.5 Å². The molecule has 2 aromatic rings. The number of hydrogen-bond acceptors (Lipinski definition) is 4. The van der Waals surface area contributed by atoms with Crippen molar-refractivity contribution in [2.24, 2.45) is 11.1 Å². The molecule has 1 atom stereocenters. The number of furan rings is 1. The summed E-state index contributed by atoms with van der Waals surface area (Å²) in [6.45, 7) is 3.81. The summed E-state index contributed by atoms with van der Waals surface area (Å²) in [6, 6.07) is 6.73. The first-order valence-corrected chi connectivity index (χ1v) is 7.29. The molecule has 2 aromatic heterocycles. The van der Waals surface area contributed by atoms with E-state index in [1.807, 2.05) is 0 Å². The van der Waals surface area contributed by atoms with Gasteiger partial charge in [-0.3, -0.25) is 9.59 Å². The third-order valence-electron chi connectivity index (χ3n) is 4.26. The molecule has 1 saturated heterocycles. The standard InChI is InChI=1S/C16H19N3O3/c1-16(9-17)6-7-19(10-16)15(21)11-4-5-12(18-14(11)20)13-3-2-8-22-13/h2-5,8H,6-7,9-10,17H2,1H3,(H,18,20). The number of rotatable bonds is 3. The van der Waals surface area contributed by atoms with Gasteiger partial charge < -0.3 is 20.0 Å². The second-order valence-electron chi connectivity index (χ2n) is 6.08. The van der Waals surface area contributed by atoms with Crippen molar-refractivity contribution in [2.45, 2.75) is 13.3 Å². The number of H-pyrrole nitrogens is 1. The van der Waals surface area contributed by atoms with Crippen LogP contribution in [0.1, 0.15) is 23.7 Å². The van der Waals surface area contributed by atoms with Gasteiger partial charge in [-0.1, -0.05) is 6.92 Å². The fraction of sp³-hybridized carbons (Fsp3) is 0.375. The fourth-order valence-electron chi connectivity index (χ4n) is 2.75. The lowest BCUT2D eigenvalue weighted by Gasteiger charge is -2.22. The van der Waals surface area contributed by atoms with Gasteiger partial charge in [0.2, 0.25) is 0 Å². The number of carbonyl (C=O) groups is 1. The van der Waals surface area contributed by atoms with Crippen LogP contribution in [0.3, 0.4) is 0 Å². The average molecular weight is 301 g/mol. The molecule has 6 heteroatoms. The molecule has 0 saturated carbocycles. The van der Waals surface area contributed by atoms with Crippen LogP contribution in [0.15, 0.2) is 39.7 Å². The normalized spacial score (nSPS) is 21.3. The van der Waals surface area contributed by atoms with Gasteiger partial charge in [0.15, 0.2) is 0 Å². The van der Waals surface area contributed by atoms with Crippen LogP contribution in [0, 0.1) is 5.41 Å². The van der Waals surface area contributed by atoms with Gasteiger partial charge in [-0.25, -0.2) is 0 Å². The van der Waals surface area contributed by atoms with Crippen molar-refractivity contribution in [2.75, 3.05) is 19.6 Å². The quantitative estimate of drug-likeness (QED) is 0.897. The molecule has 0 aromatic carbocycles. The van der Waals surface area contributed by atoms with E-state index in [-0.39, 0.29) is 16.9 Å². The van der Waals surface area contributed by atoms with Crippen molar-refractivity contribution >= 4 is 5.91 Å². The van der Waals surface area contributed by atoms with Crippen LogP contribution in [0.4, 0.5) is 0 Å². The molecule has 0 aliphatic carbocycles. The summed E-state index contributed by atoms with van der Waals surface area (Å²) in [5.74, 6) is 0.317. The molecular formula is C16H19N3O3. The van der Waals surface area contributed by atoms with Gasteiger partial charge in [0.1, 0.15) is 11.3 Å². The van der Waals surface area contributed by atoms with E-state index < -0.39 is 5.56 Å². The summed E-state index contributed by atoms with van der Waals surface area (Å²) in [7, 11) is 0. The second kappa shape index (κ2) is 5.46. The molecule has 0 spiro atoms. The maximum absolute atomic E-state index is 12.5. The lowest BCUT2D eigenvalue weighted by atomic mass is 9.90. The third-order valence-corrected chi connectivity index (χ3v) is 4.26. The maximum atomic E-state index is 12.5. The van der Waals surface area contributed by atoms with E-state index in [9.17, 15) is 9.59 Å². The minimum Gasteiger partial charge on any atom is -0.463 e. The Labute approximate surface area is 127 Å². The van der Waals surface area contributed by atoms with Crippen molar-refractivity contribution in [1.29, 1.82) is 0 Å². The van der Waals surface area contributed by atoms with E-state index in [2.05, 4.69) is 11.9 Å². The van der Waals surface area contributed by atoms with Crippen molar-refractivity contribution in [3.8, 4) is 11.5 Å². The number of aromatic amines is 1. The highest BCUT2D eigenvalue weighted by molar-refractivity contribution is 5.94. The molecule has 0 radical (unpaired) electrons. The molecule has 6 nitrogen and oxygen atoms in total. The highest BCUT2D eigenvalue weighted by atomic mass is 16.3. The van der Waals surface area contributed by atoms with Crippen LogP contribution >= 0.6 is 0 Å². The zero-order chi connectivity index (χ0) is 15.7. The van der Waals surface area contributed by atoms with Crippen molar-refractivity contribution in [3.05, 3.63) is 46.4 Å². The Morgan fingerprint density at radius 3 is 2.86 bits per heavy atom. The van der Waals surface area contributed by atoms with E-state index in [1.165, 1.54) is 6.26 Å². The van der Waals surface area contributed by atoms with Gasteiger partial charge in [-0.2, -0.15) is 0 Å². The average Bonchev–Trinajstić information content (AvgIpc) is 3.17. The number of nitrogens with two attached hydrogens (primary N) is 1. The minimum atomic E-state index is -0.403. The Balaban J connectivity index is 1.84. The Morgan fingerprint density at radius 2 is 2.27 bits per heavy atom. The van der Waals surface area contributed by atoms with Gasteiger partial charge in [-0.05, 0) is 42.6 Å². The molecule has 1 aliphatic rings. The number of nitrogens with zero attached hydrogens (tertiary/aromatic N) is 1. The molecule has 1 unspecified atom stereocenters. The Hall–Kier alpha value is -2.34. The number of aromatic nitrogens is 1. The van der Waals surface area contributed by atoms with Crippen molar-refractivity contribution in [3.63, 3.8) is 0 Å².